The van der Waals surface area contributed by atoms with Crippen LogP contribution in [0.1, 0.15) is 85.8 Å². The number of Topliss-reactive ketones (excluding diaryl/α,β-unsaturated/α-hetero) is 2. The van der Waals surface area contributed by atoms with Gasteiger partial charge in [-0.05, 0) is 98.3 Å². The first-order valence-corrected chi connectivity index (χ1v) is 23.5. The number of hydrogen-bond donors (Lipinski definition) is 8. The highest BCUT2D eigenvalue weighted by Crippen LogP contribution is 2.45. The fourth-order valence-corrected chi connectivity index (χ4v) is 8.60. The number of amides is 2. The van der Waals surface area contributed by atoms with Gasteiger partial charge in [-0.2, -0.15) is 9.78 Å². The number of benzene rings is 3. The van der Waals surface area contributed by atoms with Crippen LogP contribution in [0.3, 0.4) is 0 Å². The highest BCUT2D eigenvalue weighted by atomic mass is 16.5. The summed E-state index contributed by atoms with van der Waals surface area (Å²) in [6.07, 6.45) is 3.27. The number of aromatic hydroxyl groups is 1. The highest BCUT2D eigenvalue weighted by Gasteiger charge is 2.37. The molecule has 1 fully saturated rings. The summed E-state index contributed by atoms with van der Waals surface area (Å²) in [7, 11) is 1.33. The van der Waals surface area contributed by atoms with E-state index >= 15 is 0 Å². The number of rotatable bonds is 19. The fraction of sp³-hybridized carbons (Fsp3) is 0.460. The number of carbonyl (C=O) groups is 5. The van der Waals surface area contributed by atoms with E-state index in [4.69, 9.17) is 31.4 Å². The van der Waals surface area contributed by atoms with Crippen LogP contribution >= 0.6 is 0 Å². The van der Waals surface area contributed by atoms with Gasteiger partial charge in [0.1, 0.15) is 49.0 Å². The molecule has 0 unspecified atom stereocenters. The Bertz CT molecular complexity index is 2560. The number of ketones is 2. The molecule has 3 aromatic carbocycles. The molecule has 4 aromatic rings. The number of ether oxygens (including phenoxy) is 3. The Kier molecular flexibility index (Phi) is 18.2. The average Bonchev–Trinajstić information content (AvgIpc) is 3.35. The minimum absolute atomic E-state index is 0.0202. The van der Waals surface area contributed by atoms with Crippen LogP contribution in [0.25, 0.3) is 16.8 Å². The lowest BCUT2D eigenvalue weighted by atomic mass is 9.88. The second-order valence-electron chi connectivity index (χ2n) is 17.9. The van der Waals surface area contributed by atoms with Crippen LogP contribution in [-0.4, -0.2) is 129 Å². The zero-order valence-corrected chi connectivity index (χ0v) is 39.3. The Hall–Kier alpha value is -6.71. The van der Waals surface area contributed by atoms with Gasteiger partial charge in [0.2, 0.25) is 11.8 Å². The lowest BCUT2D eigenvalue weighted by Crippen LogP contribution is -2.45. The van der Waals surface area contributed by atoms with Gasteiger partial charge < -0.3 is 62.1 Å². The van der Waals surface area contributed by atoms with Crippen molar-refractivity contribution in [1.82, 2.24) is 20.0 Å². The third-order valence-electron chi connectivity index (χ3n) is 12.6. The number of hydrogen-bond acceptors (Lipinski definition) is 16. The molecule has 6 rings (SSSR count). The molecule has 1 saturated carbocycles. The summed E-state index contributed by atoms with van der Waals surface area (Å²) in [6, 6.07) is 12.3. The normalized spacial score (nSPS) is 18.9. The van der Waals surface area contributed by atoms with E-state index in [9.17, 15) is 49.2 Å². The molecule has 70 heavy (non-hydrogen) atoms. The number of carboxylic acid groups (broad SMARTS) is 1. The summed E-state index contributed by atoms with van der Waals surface area (Å²) < 4.78 is 19.1. The predicted octanol–water partition coefficient (Wildman–Crippen LogP) is 2.17. The number of likely N-dealkylation sites (N-methyl/N-ethyl adjacent to an activating group) is 1. The zero-order chi connectivity index (χ0) is 50.6. The van der Waals surface area contributed by atoms with Gasteiger partial charge in [-0.3, -0.25) is 24.0 Å². The number of carboxylic acids is 1. The molecule has 1 aliphatic carbocycles. The molecule has 1 aliphatic heterocycles. The van der Waals surface area contributed by atoms with Crippen LogP contribution in [-0.2, 0) is 25.6 Å². The minimum atomic E-state index is -1.55. The van der Waals surface area contributed by atoms with Crippen LogP contribution in [0, 0.1) is 11.8 Å². The van der Waals surface area contributed by atoms with Gasteiger partial charge in [0, 0.05) is 74.0 Å². The Balaban J connectivity index is 1.37. The second kappa shape index (κ2) is 24.2. The van der Waals surface area contributed by atoms with Crippen LogP contribution in [0.15, 0.2) is 71.7 Å². The average molecular weight is 970 g/mol. The molecule has 6 atom stereocenters. The molecule has 2 heterocycles. The van der Waals surface area contributed by atoms with E-state index in [1.54, 1.807) is 30.3 Å². The molecule has 0 radical (unpaired) electrons. The predicted molar refractivity (Wildman–Crippen MR) is 256 cm³/mol. The summed E-state index contributed by atoms with van der Waals surface area (Å²) in [6.45, 7) is 0.316. The summed E-state index contributed by atoms with van der Waals surface area (Å²) in [4.78, 5) is 84.0. The fourth-order valence-electron chi connectivity index (χ4n) is 8.60. The molecular formula is C50H63N7O13. The first kappa shape index (κ1) is 52.7. The number of nitrogens with one attached hydrogen (secondary N) is 1. The second-order valence-corrected chi connectivity index (χ2v) is 17.9. The number of carbonyl (C=O) groups excluding carboxylic acids is 4. The summed E-state index contributed by atoms with van der Waals surface area (Å²) >= 11 is 0. The number of phenolic OH excluding ortho intramolecular Hbond substituents is 1. The van der Waals surface area contributed by atoms with Crippen molar-refractivity contribution in [3.63, 3.8) is 0 Å². The van der Waals surface area contributed by atoms with E-state index in [-0.39, 0.29) is 78.9 Å². The van der Waals surface area contributed by atoms with Crippen molar-refractivity contribution in [1.29, 1.82) is 0 Å². The number of aliphatic carboxylic acids is 1. The maximum atomic E-state index is 14.8. The number of aliphatic hydroxyl groups excluding tert-OH is 2. The monoisotopic (exact) mass is 969 g/mol. The van der Waals surface area contributed by atoms with E-state index in [0.29, 0.717) is 17.0 Å². The number of aromatic nitrogens is 2. The minimum Gasteiger partial charge on any atom is -0.504 e. The first-order chi connectivity index (χ1) is 33.5. The first-order valence-electron chi connectivity index (χ1n) is 23.5. The van der Waals surface area contributed by atoms with Gasteiger partial charge in [-0.25, -0.2) is 4.79 Å². The molecule has 376 valence electrons. The van der Waals surface area contributed by atoms with Crippen molar-refractivity contribution in [3.05, 3.63) is 93.9 Å². The molecule has 4 bridgehead atoms. The van der Waals surface area contributed by atoms with E-state index in [2.05, 4.69) is 10.4 Å². The summed E-state index contributed by atoms with van der Waals surface area (Å²) in [5.41, 5.74) is 17.6. The quantitative estimate of drug-likeness (QED) is 0.0624. The lowest BCUT2D eigenvalue weighted by molar-refractivity contribution is -0.144. The van der Waals surface area contributed by atoms with Gasteiger partial charge in [-0.15, -0.1) is 0 Å². The molecule has 0 spiro atoms. The van der Waals surface area contributed by atoms with Crippen molar-refractivity contribution >= 4 is 29.4 Å². The SMILES string of the molecule is C[C@@H]1CC(=O)[C@@H](N(C)C(=O)[C@H](CCN)CC(=O)c2cnn(-c3ccc(OC4CCCCC4)cc3)c(=O)c2)c2cc(OC[C@H](O)CN)c(O)c(c2)-c2cc(ccc2OC[C@H](O)CN)C[C@@H](C(=O)O)NC1=O. The number of phenols is 1. The van der Waals surface area contributed by atoms with Crippen LogP contribution in [0.5, 0.6) is 23.0 Å². The third-order valence-corrected chi connectivity index (χ3v) is 12.6. The smallest absolute Gasteiger partial charge is 0.326 e. The molecule has 1 aromatic heterocycles. The van der Waals surface area contributed by atoms with Gasteiger partial charge in [0.05, 0.1) is 18.0 Å². The maximum Gasteiger partial charge on any atom is 0.326 e. The number of aliphatic hydroxyl groups is 2. The molecule has 2 amide bonds. The van der Waals surface area contributed by atoms with Crippen LogP contribution in [0.4, 0.5) is 0 Å². The molecule has 2 aliphatic rings. The highest BCUT2D eigenvalue weighted by molar-refractivity contribution is 5.99. The van der Waals surface area contributed by atoms with Crippen molar-refractivity contribution in [2.24, 2.45) is 29.0 Å². The van der Waals surface area contributed by atoms with E-state index in [1.807, 2.05) is 0 Å². The Morgan fingerprint density at radius 1 is 0.871 bits per heavy atom. The lowest BCUT2D eigenvalue weighted by Gasteiger charge is -2.32. The summed E-state index contributed by atoms with van der Waals surface area (Å²) in [5, 5.41) is 49.5. The Labute approximate surface area is 404 Å². The molecular weight excluding hydrogens is 907 g/mol. The van der Waals surface area contributed by atoms with Crippen molar-refractivity contribution in [2.45, 2.75) is 95.1 Å². The third kappa shape index (κ3) is 13.1. The van der Waals surface area contributed by atoms with E-state index in [0.717, 1.165) is 41.3 Å². The largest absolute Gasteiger partial charge is 0.504 e. The van der Waals surface area contributed by atoms with E-state index in [1.165, 1.54) is 50.9 Å². The zero-order valence-electron chi connectivity index (χ0n) is 39.3. The van der Waals surface area contributed by atoms with Crippen molar-refractivity contribution in [3.8, 4) is 39.8 Å². The number of fused-ring (bicyclic) bond motifs is 5. The molecule has 11 N–H and O–H groups in total. The van der Waals surface area contributed by atoms with Gasteiger partial charge >= 0.3 is 5.97 Å². The van der Waals surface area contributed by atoms with Crippen LogP contribution in [0.2, 0.25) is 0 Å². The van der Waals surface area contributed by atoms with Gasteiger partial charge in [-0.1, -0.05) is 19.4 Å². The van der Waals surface area contributed by atoms with Gasteiger partial charge in [0.25, 0.3) is 5.56 Å². The Morgan fingerprint density at radius 3 is 2.17 bits per heavy atom. The van der Waals surface area contributed by atoms with Crippen molar-refractivity contribution < 1.29 is 58.6 Å². The standard InChI is InChI=1S/C50H63N7O13/c1-28-16-42(61)46(56(2)49(65)30(14-15-51)20-41(60)32-22-45(62)57(54-25-32)33-9-11-37(12-10-33)70-36-6-4-3-5-7-36)31-19-39(47(63)44(21-31)69-27-35(59)24-53)38-17-29(18-40(50(66)67)55-48(28)64)8-13-43(38)68-26-34(58)23-52/h8-13,17,19,21-22,25,28,30,34-36,40,46,58-59,63H,3-7,14-16,18,20,23-24,26-27,51-53H2,1-2H3,(H,55,64)(H,66,67)/t28-,30-,34-,35-,40+,46+/m1/s1. The van der Waals surface area contributed by atoms with Crippen LogP contribution < -0.4 is 42.3 Å². The van der Waals surface area contributed by atoms with E-state index < -0.39 is 96.2 Å². The number of nitrogens with zero attached hydrogens (tertiary/aromatic N) is 3. The molecule has 20 heteroatoms. The summed E-state index contributed by atoms with van der Waals surface area (Å²) in [5.74, 6) is -6.37. The topological polar surface area (TPSA) is 322 Å². The maximum absolute atomic E-state index is 14.8. The molecule has 20 nitrogen and oxygen atoms in total. The van der Waals surface area contributed by atoms with Crippen molar-refractivity contribution in [2.75, 3.05) is 39.9 Å². The Morgan fingerprint density at radius 2 is 1.54 bits per heavy atom. The number of nitrogens with two attached hydrogens (primary N) is 3. The van der Waals surface area contributed by atoms with Gasteiger partial charge in [0.15, 0.2) is 23.1 Å². The molecule has 0 saturated heterocycles.